The Bertz CT molecular complexity index is 1260. The third-order valence-corrected chi connectivity index (χ3v) is 5.17. The van der Waals surface area contributed by atoms with Gasteiger partial charge in [0.05, 0.1) is 5.39 Å². The second kappa shape index (κ2) is 7.64. The van der Waals surface area contributed by atoms with Gasteiger partial charge in [-0.05, 0) is 37.6 Å². The van der Waals surface area contributed by atoms with Gasteiger partial charge in [0.25, 0.3) is 5.56 Å². The van der Waals surface area contributed by atoms with Crippen molar-refractivity contribution in [1.82, 2.24) is 19.1 Å². The fourth-order valence-electron chi connectivity index (χ4n) is 3.40. The normalized spacial score (nSPS) is 11.1. The van der Waals surface area contributed by atoms with Crippen LogP contribution in [0.2, 0.25) is 5.15 Å². The Morgan fingerprint density at radius 3 is 2.45 bits per heavy atom. The minimum atomic E-state index is -0.107. The molecule has 0 aliphatic carbocycles. The van der Waals surface area contributed by atoms with Gasteiger partial charge in [-0.15, -0.1) is 0 Å². The van der Waals surface area contributed by atoms with Gasteiger partial charge in [0.1, 0.15) is 16.6 Å². The van der Waals surface area contributed by atoms with Crippen LogP contribution in [-0.2, 0) is 13.1 Å². The average molecular weight is 407 g/mol. The molecule has 0 unspecified atom stereocenters. The van der Waals surface area contributed by atoms with Gasteiger partial charge < -0.3 is 4.57 Å². The quantitative estimate of drug-likeness (QED) is 0.373. The Morgan fingerprint density at radius 1 is 1.07 bits per heavy atom. The van der Waals surface area contributed by atoms with Crippen LogP contribution in [0.25, 0.3) is 11.0 Å². The molecule has 0 aliphatic rings. The standard InChI is InChI=1S/C22H19ClN4O2/c1-3-27-14(2)25-21-18(22(27)29)10-11-26(21)13-15-4-6-16(7-5-15)20(28)17-8-9-19(23)24-12-17/h4-12H,3,13H2,1-2H3. The van der Waals surface area contributed by atoms with E-state index in [1.165, 1.54) is 6.20 Å². The lowest BCUT2D eigenvalue weighted by atomic mass is 10.0. The van der Waals surface area contributed by atoms with E-state index in [2.05, 4.69) is 9.97 Å². The molecule has 0 saturated carbocycles. The highest BCUT2D eigenvalue weighted by Gasteiger charge is 2.12. The molecule has 6 nitrogen and oxygen atoms in total. The number of pyridine rings is 1. The van der Waals surface area contributed by atoms with Crippen molar-refractivity contribution in [2.75, 3.05) is 0 Å². The van der Waals surface area contributed by atoms with Gasteiger partial charge in [0.2, 0.25) is 0 Å². The molecule has 7 heteroatoms. The Hall–Kier alpha value is -3.25. The van der Waals surface area contributed by atoms with E-state index in [-0.39, 0.29) is 11.3 Å². The minimum Gasteiger partial charge on any atom is -0.328 e. The molecule has 0 fully saturated rings. The number of halogens is 1. The molecule has 0 aliphatic heterocycles. The van der Waals surface area contributed by atoms with Crippen LogP contribution < -0.4 is 5.56 Å². The molecule has 1 aromatic carbocycles. The molecular formula is C22H19ClN4O2. The number of hydrogen-bond donors (Lipinski definition) is 0. The second-order valence-corrected chi connectivity index (χ2v) is 7.17. The van der Waals surface area contributed by atoms with Crippen LogP contribution in [0.5, 0.6) is 0 Å². The highest BCUT2D eigenvalue weighted by atomic mass is 35.5. The predicted octanol–water partition coefficient (Wildman–Crippen LogP) is 3.85. The fourth-order valence-corrected chi connectivity index (χ4v) is 3.51. The van der Waals surface area contributed by atoms with E-state index in [1.54, 1.807) is 28.8 Å². The number of rotatable bonds is 5. The number of carbonyl (C=O) groups is 1. The number of carbonyl (C=O) groups excluding carboxylic acids is 1. The highest BCUT2D eigenvalue weighted by molar-refractivity contribution is 6.29. The molecule has 0 atom stereocenters. The van der Waals surface area contributed by atoms with E-state index >= 15 is 0 Å². The molecule has 0 bridgehead atoms. The lowest BCUT2D eigenvalue weighted by molar-refractivity contribution is 0.103. The first-order valence-electron chi connectivity index (χ1n) is 9.29. The third kappa shape index (κ3) is 3.59. The topological polar surface area (TPSA) is 69.8 Å². The van der Waals surface area contributed by atoms with Gasteiger partial charge in [-0.2, -0.15) is 0 Å². The summed E-state index contributed by atoms with van der Waals surface area (Å²) >= 11 is 5.78. The van der Waals surface area contributed by atoms with Crippen molar-refractivity contribution in [2.45, 2.75) is 26.9 Å². The second-order valence-electron chi connectivity index (χ2n) is 6.78. The fraction of sp³-hybridized carbons (Fsp3) is 0.182. The first-order chi connectivity index (χ1) is 14.0. The number of benzene rings is 1. The summed E-state index contributed by atoms with van der Waals surface area (Å²) in [6.07, 6.45) is 3.35. The van der Waals surface area contributed by atoms with Crippen LogP contribution in [0.15, 0.2) is 59.7 Å². The third-order valence-electron chi connectivity index (χ3n) is 4.94. The first-order valence-corrected chi connectivity index (χ1v) is 9.67. The zero-order valence-electron chi connectivity index (χ0n) is 16.1. The van der Waals surface area contributed by atoms with Crippen LogP contribution in [0.1, 0.15) is 34.2 Å². The van der Waals surface area contributed by atoms with E-state index in [0.29, 0.717) is 46.2 Å². The summed E-state index contributed by atoms with van der Waals surface area (Å²) in [7, 11) is 0. The van der Waals surface area contributed by atoms with Crippen LogP contribution >= 0.6 is 11.6 Å². The maximum Gasteiger partial charge on any atom is 0.262 e. The zero-order chi connectivity index (χ0) is 20.5. The van der Waals surface area contributed by atoms with Crippen molar-refractivity contribution < 1.29 is 4.79 Å². The number of ketones is 1. The summed E-state index contributed by atoms with van der Waals surface area (Å²) < 4.78 is 3.61. The Morgan fingerprint density at radius 2 is 1.79 bits per heavy atom. The Labute approximate surface area is 172 Å². The van der Waals surface area contributed by atoms with Crippen molar-refractivity contribution in [1.29, 1.82) is 0 Å². The summed E-state index contributed by atoms with van der Waals surface area (Å²) in [6.45, 7) is 4.93. The van der Waals surface area contributed by atoms with Gasteiger partial charge in [0, 0.05) is 36.6 Å². The molecule has 3 heterocycles. The van der Waals surface area contributed by atoms with Gasteiger partial charge in [-0.25, -0.2) is 9.97 Å². The van der Waals surface area contributed by atoms with E-state index in [9.17, 15) is 9.59 Å². The Kier molecular flexibility index (Phi) is 5.03. The first kappa shape index (κ1) is 19.1. The maximum absolute atomic E-state index is 12.6. The number of fused-ring (bicyclic) bond motifs is 1. The van der Waals surface area contributed by atoms with Gasteiger partial charge >= 0.3 is 0 Å². The van der Waals surface area contributed by atoms with Crippen molar-refractivity contribution in [2.24, 2.45) is 0 Å². The molecule has 29 heavy (non-hydrogen) atoms. The van der Waals surface area contributed by atoms with E-state index < -0.39 is 0 Å². The Balaban J connectivity index is 1.60. The van der Waals surface area contributed by atoms with Crippen LogP contribution in [0, 0.1) is 6.92 Å². The summed E-state index contributed by atoms with van der Waals surface area (Å²) in [5.74, 6) is 0.590. The van der Waals surface area contributed by atoms with Crippen molar-refractivity contribution in [3.63, 3.8) is 0 Å². The zero-order valence-corrected chi connectivity index (χ0v) is 16.8. The lowest BCUT2D eigenvalue weighted by Crippen LogP contribution is -2.23. The van der Waals surface area contributed by atoms with Gasteiger partial charge in [-0.1, -0.05) is 35.9 Å². The molecule has 0 amide bonds. The lowest BCUT2D eigenvalue weighted by Gasteiger charge is -2.09. The molecule has 146 valence electrons. The van der Waals surface area contributed by atoms with Crippen LogP contribution in [0.4, 0.5) is 0 Å². The average Bonchev–Trinajstić information content (AvgIpc) is 3.11. The minimum absolute atomic E-state index is 0.0220. The summed E-state index contributed by atoms with van der Waals surface area (Å²) in [5.41, 5.74) is 2.73. The molecule has 4 aromatic rings. The van der Waals surface area contributed by atoms with Crippen molar-refractivity contribution in [3.8, 4) is 0 Å². The number of aryl methyl sites for hydroxylation is 1. The van der Waals surface area contributed by atoms with E-state index in [1.807, 2.05) is 42.8 Å². The molecule has 0 saturated heterocycles. The van der Waals surface area contributed by atoms with Crippen LogP contribution in [-0.4, -0.2) is 24.9 Å². The molecule has 0 N–H and O–H groups in total. The van der Waals surface area contributed by atoms with Gasteiger partial charge in [0.15, 0.2) is 5.78 Å². The number of nitrogens with zero attached hydrogens (tertiary/aromatic N) is 4. The monoisotopic (exact) mass is 406 g/mol. The largest absolute Gasteiger partial charge is 0.328 e. The number of aromatic nitrogens is 4. The SMILES string of the molecule is CCn1c(C)nc2c(ccn2Cc2ccc(C(=O)c3ccc(Cl)nc3)cc2)c1=O. The molecule has 0 spiro atoms. The maximum atomic E-state index is 12.6. The van der Waals surface area contributed by atoms with E-state index in [0.717, 1.165) is 5.56 Å². The number of hydrogen-bond acceptors (Lipinski definition) is 4. The molecule has 0 radical (unpaired) electrons. The molecular weight excluding hydrogens is 388 g/mol. The van der Waals surface area contributed by atoms with Crippen molar-refractivity contribution >= 4 is 28.4 Å². The summed E-state index contributed by atoms with van der Waals surface area (Å²) in [5, 5.41) is 0.963. The summed E-state index contributed by atoms with van der Waals surface area (Å²) in [6, 6.07) is 12.5. The predicted molar refractivity (Wildman–Crippen MR) is 113 cm³/mol. The molecule has 3 aromatic heterocycles. The van der Waals surface area contributed by atoms with Crippen LogP contribution in [0.3, 0.4) is 0 Å². The molecule has 4 rings (SSSR count). The summed E-state index contributed by atoms with van der Waals surface area (Å²) in [4.78, 5) is 33.7. The highest BCUT2D eigenvalue weighted by Crippen LogP contribution is 2.16. The van der Waals surface area contributed by atoms with E-state index in [4.69, 9.17) is 11.6 Å². The van der Waals surface area contributed by atoms with Crippen molar-refractivity contribution in [3.05, 3.63) is 92.9 Å². The van der Waals surface area contributed by atoms with Gasteiger partial charge in [-0.3, -0.25) is 14.2 Å². The smallest absolute Gasteiger partial charge is 0.262 e.